The van der Waals surface area contributed by atoms with E-state index in [1.165, 1.54) is 24.3 Å². The van der Waals surface area contributed by atoms with Crippen molar-refractivity contribution in [3.8, 4) is 22.5 Å². The summed E-state index contributed by atoms with van der Waals surface area (Å²) in [4.78, 5) is 30.6. The van der Waals surface area contributed by atoms with E-state index >= 15 is 0 Å². The Hall–Kier alpha value is -4.05. The summed E-state index contributed by atoms with van der Waals surface area (Å²) in [6.45, 7) is 2.69. The van der Waals surface area contributed by atoms with E-state index in [1.54, 1.807) is 44.4 Å². The third-order valence-corrected chi connectivity index (χ3v) is 7.58. The van der Waals surface area contributed by atoms with Gasteiger partial charge in [-0.25, -0.2) is 9.37 Å². The number of methoxy groups -OCH3 is 1. The SMILES string of the molecule is CCC(=O)c1c(-c2ccc(F)cc2)oc2nc(CCC(F)(F)F)c(-c3cccc(C(=O)NCC4(COC)CC4)c3)cc12. The standard InChI is InChI=1S/C32H30F4N2O4/c1-3-26(39)27-24-16-23(20-5-4-6-21(15-20)29(40)37-17-31(13-14-31)18-41-2)25(11-12-32(34,35)36)38-30(24)42-28(27)19-7-9-22(33)10-8-19/h4-10,15-16H,3,11-14,17-18H2,1-2H3,(H,37,40). The third-order valence-electron chi connectivity index (χ3n) is 7.58. The lowest BCUT2D eigenvalue weighted by Crippen LogP contribution is -2.32. The number of fused-ring (bicyclic) bond motifs is 1. The summed E-state index contributed by atoms with van der Waals surface area (Å²) in [6, 6.07) is 13.6. The van der Waals surface area contributed by atoms with Crippen molar-refractivity contribution in [1.82, 2.24) is 10.3 Å². The average Bonchev–Trinajstić information content (AvgIpc) is 3.64. The highest BCUT2D eigenvalue weighted by Gasteiger charge is 2.42. The predicted molar refractivity (Wildman–Crippen MR) is 150 cm³/mol. The summed E-state index contributed by atoms with van der Waals surface area (Å²) < 4.78 is 64.7. The van der Waals surface area contributed by atoms with Gasteiger partial charge in [-0.15, -0.1) is 0 Å². The second kappa shape index (κ2) is 11.7. The first-order chi connectivity index (χ1) is 20.0. The minimum Gasteiger partial charge on any atom is -0.437 e. The zero-order chi connectivity index (χ0) is 30.1. The highest BCUT2D eigenvalue weighted by atomic mass is 19.4. The number of hydrogen-bond donors (Lipinski definition) is 1. The van der Waals surface area contributed by atoms with Gasteiger partial charge in [-0.05, 0) is 67.3 Å². The quantitative estimate of drug-likeness (QED) is 0.146. The molecule has 1 aliphatic carbocycles. The number of ketones is 1. The normalized spacial score (nSPS) is 14.2. The van der Waals surface area contributed by atoms with Crippen LogP contribution in [-0.4, -0.2) is 43.1 Å². The highest BCUT2D eigenvalue weighted by Crippen LogP contribution is 2.45. The first kappa shape index (κ1) is 29.4. The molecule has 2 aromatic carbocycles. The first-order valence-electron chi connectivity index (χ1n) is 13.7. The molecule has 0 saturated heterocycles. The second-order valence-electron chi connectivity index (χ2n) is 10.7. The predicted octanol–water partition coefficient (Wildman–Crippen LogP) is 7.54. The molecule has 220 valence electrons. The van der Waals surface area contributed by atoms with Crippen LogP contribution >= 0.6 is 0 Å². The van der Waals surface area contributed by atoms with Gasteiger partial charge in [0, 0.05) is 48.6 Å². The van der Waals surface area contributed by atoms with Gasteiger partial charge in [0.05, 0.1) is 23.3 Å². The molecule has 1 N–H and O–H groups in total. The van der Waals surface area contributed by atoms with Crippen molar-refractivity contribution in [2.75, 3.05) is 20.3 Å². The van der Waals surface area contributed by atoms with Gasteiger partial charge in [-0.2, -0.15) is 13.2 Å². The molecule has 2 aromatic heterocycles. The number of benzene rings is 2. The van der Waals surface area contributed by atoms with Gasteiger partial charge in [-0.1, -0.05) is 19.1 Å². The molecule has 42 heavy (non-hydrogen) atoms. The van der Waals surface area contributed by atoms with Crippen molar-refractivity contribution in [2.24, 2.45) is 5.41 Å². The Morgan fingerprint density at radius 3 is 2.45 bits per heavy atom. The second-order valence-corrected chi connectivity index (χ2v) is 10.7. The lowest BCUT2D eigenvalue weighted by Gasteiger charge is -2.15. The Kier molecular flexibility index (Phi) is 8.19. The molecule has 4 aromatic rings. The fourth-order valence-corrected chi connectivity index (χ4v) is 5.07. The summed E-state index contributed by atoms with van der Waals surface area (Å²) >= 11 is 0. The molecule has 10 heteroatoms. The number of furan rings is 1. The Labute approximate surface area is 240 Å². The van der Waals surface area contributed by atoms with Gasteiger partial charge in [0.15, 0.2) is 5.78 Å². The van der Waals surface area contributed by atoms with Crippen molar-refractivity contribution in [3.63, 3.8) is 0 Å². The van der Waals surface area contributed by atoms with Crippen LogP contribution in [0.2, 0.25) is 0 Å². The number of pyridine rings is 1. The summed E-state index contributed by atoms with van der Waals surface area (Å²) in [5.74, 6) is -0.875. The van der Waals surface area contributed by atoms with Gasteiger partial charge < -0.3 is 14.5 Å². The smallest absolute Gasteiger partial charge is 0.389 e. The summed E-state index contributed by atoms with van der Waals surface area (Å²) in [5.41, 5.74) is 1.89. The van der Waals surface area contributed by atoms with Crippen molar-refractivity contribution in [2.45, 2.75) is 45.2 Å². The molecule has 0 radical (unpaired) electrons. The van der Waals surface area contributed by atoms with E-state index in [0.717, 1.165) is 12.8 Å². The number of alkyl halides is 3. The van der Waals surface area contributed by atoms with Crippen LogP contribution in [0.3, 0.4) is 0 Å². The number of carbonyl (C=O) groups is 2. The van der Waals surface area contributed by atoms with E-state index < -0.39 is 24.8 Å². The fourth-order valence-electron chi connectivity index (χ4n) is 5.07. The molecule has 5 rings (SSSR count). The summed E-state index contributed by atoms with van der Waals surface area (Å²) in [7, 11) is 1.62. The number of aromatic nitrogens is 1. The van der Waals surface area contributed by atoms with Crippen LogP contribution in [0.5, 0.6) is 0 Å². The van der Waals surface area contributed by atoms with E-state index in [-0.39, 0.29) is 46.3 Å². The van der Waals surface area contributed by atoms with E-state index in [9.17, 15) is 27.2 Å². The van der Waals surface area contributed by atoms with Gasteiger partial charge in [0.1, 0.15) is 11.6 Å². The summed E-state index contributed by atoms with van der Waals surface area (Å²) in [5, 5.41) is 3.27. The van der Waals surface area contributed by atoms with Gasteiger partial charge in [-0.3, -0.25) is 9.59 Å². The Bertz CT molecular complexity index is 1620. The van der Waals surface area contributed by atoms with Crippen LogP contribution in [0, 0.1) is 11.2 Å². The number of ether oxygens (including phenoxy) is 1. The van der Waals surface area contributed by atoms with E-state index in [1.807, 2.05) is 0 Å². The number of carbonyl (C=O) groups excluding carboxylic acids is 2. The topological polar surface area (TPSA) is 81.4 Å². The monoisotopic (exact) mass is 582 g/mol. The maximum Gasteiger partial charge on any atom is 0.389 e. The van der Waals surface area contributed by atoms with E-state index in [0.29, 0.717) is 40.8 Å². The van der Waals surface area contributed by atoms with Crippen LogP contribution in [0.4, 0.5) is 17.6 Å². The number of rotatable bonds is 11. The maximum absolute atomic E-state index is 13.6. The van der Waals surface area contributed by atoms with Crippen molar-refractivity contribution in [3.05, 3.63) is 77.2 Å². The number of hydrogen-bond acceptors (Lipinski definition) is 5. The van der Waals surface area contributed by atoms with E-state index in [4.69, 9.17) is 9.15 Å². The number of halogens is 4. The van der Waals surface area contributed by atoms with Gasteiger partial charge >= 0.3 is 6.18 Å². The Morgan fingerprint density at radius 2 is 1.81 bits per heavy atom. The van der Waals surface area contributed by atoms with E-state index in [2.05, 4.69) is 10.3 Å². The minimum absolute atomic E-state index is 0.00817. The van der Waals surface area contributed by atoms with Crippen molar-refractivity contribution < 1.29 is 36.3 Å². The molecule has 1 aliphatic rings. The molecule has 0 aliphatic heterocycles. The largest absolute Gasteiger partial charge is 0.437 e. The zero-order valence-corrected chi connectivity index (χ0v) is 23.2. The lowest BCUT2D eigenvalue weighted by atomic mass is 9.95. The Morgan fingerprint density at radius 1 is 1.07 bits per heavy atom. The minimum atomic E-state index is -4.43. The van der Waals surface area contributed by atoms with Crippen LogP contribution in [0.1, 0.15) is 59.0 Å². The van der Waals surface area contributed by atoms with Crippen LogP contribution in [-0.2, 0) is 11.2 Å². The maximum atomic E-state index is 13.6. The van der Waals surface area contributed by atoms with Gasteiger partial charge in [0.25, 0.3) is 5.91 Å². The molecule has 6 nitrogen and oxygen atoms in total. The molecule has 1 saturated carbocycles. The first-order valence-corrected chi connectivity index (χ1v) is 13.7. The number of aryl methyl sites for hydroxylation is 1. The highest BCUT2D eigenvalue weighted by molar-refractivity contribution is 6.12. The third kappa shape index (κ3) is 6.38. The Balaban J connectivity index is 1.59. The molecule has 2 heterocycles. The molecule has 1 fully saturated rings. The molecular formula is C32H30F4N2O4. The molecular weight excluding hydrogens is 552 g/mol. The molecule has 0 bridgehead atoms. The van der Waals surface area contributed by atoms with Crippen molar-refractivity contribution >= 4 is 22.8 Å². The van der Waals surface area contributed by atoms with Crippen LogP contribution in [0.15, 0.2) is 59.0 Å². The summed E-state index contributed by atoms with van der Waals surface area (Å²) in [6.07, 6.45) is -3.94. The fraction of sp³-hybridized carbons (Fsp3) is 0.344. The molecule has 1 amide bonds. The molecule has 0 atom stereocenters. The van der Waals surface area contributed by atoms with Gasteiger partial charge in [0.2, 0.25) is 5.71 Å². The average molecular weight is 583 g/mol. The van der Waals surface area contributed by atoms with Crippen molar-refractivity contribution in [1.29, 1.82) is 0 Å². The number of Topliss-reactive ketones (excluding diaryl/α,β-unsaturated/α-hetero) is 1. The zero-order valence-electron chi connectivity index (χ0n) is 23.2. The number of nitrogens with one attached hydrogen (secondary N) is 1. The molecule has 0 unspecified atom stereocenters. The van der Waals surface area contributed by atoms with Crippen LogP contribution < -0.4 is 5.32 Å². The number of nitrogens with zero attached hydrogens (tertiary/aromatic N) is 1. The van der Waals surface area contributed by atoms with Crippen LogP contribution in [0.25, 0.3) is 33.6 Å². The molecule has 0 spiro atoms. The lowest BCUT2D eigenvalue weighted by molar-refractivity contribution is -0.134. The number of amides is 1.